The summed E-state index contributed by atoms with van der Waals surface area (Å²) < 4.78 is 7.40. The summed E-state index contributed by atoms with van der Waals surface area (Å²) >= 11 is 12.2. The summed E-state index contributed by atoms with van der Waals surface area (Å²) in [5.74, 6) is -0.295. The largest absolute Gasteiger partial charge is 0.455 e. The second-order valence-corrected chi connectivity index (χ2v) is 5.57. The zero-order chi connectivity index (χ0) is 15.9. The molecule has 0 aliphatic rings. The van der Waals surface area contributed by atoms with E-state index >= 15 is 0 Å². The normalized spacial score (nSPS) is 11.9. The van der Waals surface area contributed by atoms with Gasteiger partial charge in [0.25, 0.3) is 0 Å². The molecule has 22 heavy (non-hydrogen) atoms. The smallest absolute Gasteiger partial charge is 0.306 e. The molecule has 0 aliphatic heterocycles. The predicted octanol–water partition coefficient (Wildman–Crippen LogP) is 4.44. The molecule has 2 aromatic rings. The number of carbonyl (C=O) groups is 1. The highest BCUT2D eigenvalue weighted by Gasteiger charge is 2.20. The Balaban J connectivity index is 2.20. The fourth-order valence-corrected chi connectivity index (χ4v) is 2.52. The van der Waals surface area contributed by atoms with Gasteiger partial charge in [0, 0.05) is 34.4 Å². The predicted molar refractivity (Wildman–Crippen MR) is 87.0 cm³/mol. The van der Waals surface area contributed by atoms with E-state index < -0.39 is 6.10 Å². The molecule has 0 amide bonds. The van der Waals surface area contributed by atoms with Gasteiger partial charge in [0.1, 0.15) is 6.10 Å². The molecule has 0 radical (unpaired) electrons. The van der Waals surface area contributed by atoms with E-state index in [9.17, 15) is 4.79 Å². The minimum absolute atomic E-state index is 0.287. The van der Waals surface area contributed by atoms with Crippen molar-refractivity contribution in [1.29, 1.82) is 0 Å². The number of benzene rings is 1. The standard InChI is InChI=1S/C16H16Cl2N2O2/c1-2-3-4-16(21)22-15(10-20-8-7-19-11-20)13-6-5-12(17)9-14(13)18/h2,5-9,11,15H,1,3-4,10H2. The van der Waals surface area contributed by atoms with Crippen LogP contribution in [0.25, 0.3) is 0 Å². The molecule has 0 aliphatic carbocycles. The summed E-state index contributed by atoms with van der Waals surface area (Å²) in [7, 11) is 0. The molecule has 116 valence electrons. The second-order valence-electron chi connectivity index (χ2n) is 4.73. The van der Waals surface area contributed by atoms with Gasteiger partial charge in [0.05, 0.1) is 12.9 Å². The number of carbonyl (C=O) groups excluding carboxylic acids is 1. The number of aromatic nitrogens is 2. The molecule has 6 heteroatoms. The Morgan fingerprint density at radius 1 is 1.45 bits per heavy atom. The Morgan fingerprint density at radius 2 is 2.27 bits per heavy atom. The average Bonchev–Trinajstić information content (AvgIpc) is 2.97. The molecular weight excluding hydrogens is 323 g/mol. The third-order valence-electron chi connectivity index (χ3n) is 3.07. The van der Waals surface area contributed by atoms with E-state index in [1.54, 1.807) is 43.0 Å². The first-order valence-electron chi connectivity index (χ1n) is 6.81. The van der Waals surface area contributed by atoms with Crippen LogP contribution in [0.5, 0.6) is 0 Å². The van der Waals surface area contributed by atoms with Gasteiger partial charge in [-0.25, -0.2) is 4.98 Å². The van der Waals surface area contributed by atoms with Crippen molar-refractivity contribution in [2.24, 2.45) is 0 Å². The van der Waals surface area contributed by atoms with Crippen LogP contribution < -0.4 is 0 Å². The third kappa shape index (κ3) is 4.61. The highest BCUT2D eigenvalue weighted by Crippen LogP contribution is 2.30. The topological polar surface area (TPSA) is 44.1 Å². The molecule has 0 saturated heterocycles. The van der Waals surface area contributed by atoms with Crippen molar-refractivity contribution >= 4 is 29.2 Å². The van der Waals surface area contributed by atoms with Crippen LogP contribution in [0.15, 0.2) is 49.6 Å². The maximum Gasteiger partial charge on any atom is 0.306 e. The van der Waals surface area contributed by atoms with Crippen LogP contribution in [0.1, 0.15) is 24.5 Å². The highest BCUT2D eigenvalue weighted by atomic mass is 35.5. The molecule has 1 heterocycles. The van der Waals surface area contributed by atoms with Crippen LogP contribution in [0.2, 0.25) is 10.0 Å². The number of esters is 1. The Labute approximate surface area is 139 Å². The molecule has 1 aromatic heterocycles. The van der Waals surface area contributed by atoms with E-state index in [1.165, 1.54) is 0 Å². The Morgan fingerprint density at radius 3 is 2.91 bits per heavy atom. The zero-order valence-corrected chi connectivity index (χ0v) is 13.4. The van der Waals surface area contributed by atoms with Gasteiger partial charge in [-0.1, -0.05) is 35.3 Å². The first kappa shape index (κ1) is 16.6. The van der Waals surface area contributed by atoms with Crippen LogP contribution in [0, 0.1) is 0 Å². The number of hydrogen-bond acceptors (Lipinski definition) is 3. The minimum Gasteiger partial charge on any atom is -0.455 e. The van der Waals surface area contributed by atoms with Gasteiger partial charge in [-0.2, -0.15) is 0 Å². The lowest BCUT2D eigenvalue weighted by Gasteiger charge is -2.20. The van der Waals surface area contributed by atoms with Crippen molar-refractivity contribution in [3.63, 3.8) is 0 Å². The average molecular weight is 339 g/mol. The SMILES string of the molecule is C=CCCC(=O)OC(Cn1ccnc1)c1ccc(Cl)cc1Cl. The first-order valence-corrected chi connectivity index (χ1v) is 7.57. The lowest BCUT2D eigenvalue weighted by molar-refractivity contribution is -0.150. The minimum atomic E-state index is -0.503. The summed E-state index contributed by atoms with van der Waals surface area (Å²) in [6, 6.07) is 5.13. The van der Waals surface area contributed by atoms with E-state index in [0.717, 1.165) is 0 Å². The number of allylic oxidation sites excluding steroid dienone is 1. The fourth-order valence-electron chi connectivity index (χ4n) is 1.99. The van der Waals surface area contributed by atoms with Crippen molar-refractivity contribution in [1.82, 2.24) is 9.55 Å². The number of rotatable bonds is 7. The highest BCUT2D eigenvalue weighted by molar-refractivity contribution is 6.35. The number of nitrogens with zero attached hydrogens (tertiary/aromatic N) is 2. The number of imidazole rings is 1. The van der Waals surface area contributed by atoms with Gasteiger partial charge in [0.2, 0.25) is 0 Å². The van der Waals surface area contributed by atoms with Gasteiger partial charge in [0.15, 0.2) is 0 Å². The van der Waals surface area contributed by atoms with E-state index in [4.69, 9.17) is 27.9 Å². The van der Waals surface area contributed by atoms with Crippen LogP contribution in [0.4, 0.5) is 0 Å². The number of halogens is 2. The Bertz CT molecular complexity index is 642. The van der Waals surface area contributed by atoms with Crippen molar-refractivity contribution < 1.29 is 9.53 Å². The van der Waals surface area contributed by atoms with Gasteiger partial charge in [-0.15, -0.1) is 6.58 Å². The van der Waals surface area contributed by atoms with E-state index in [-0.39, 0.29) is 12.4 Å². The molecule has 4 nitrogen and oxygen atoms in total. The van der Waals surface area contributed by atoms with Crippen LogP contribution >= 0.6 is 23.2 Å². The summed E-state index contributed by atoms with van der Waals surface area (Å²) in [5, 5.41) is 1.00. The molecule has 1 unspecified atom stereocenters. The number of hydrogen-bond donors (Lipinski definition) is 0. The molecule has 0 saturated carbocycles. The van der Waals surface area contributed by atoms with Gasteiger partial charge in [-0.3, -0.25) is 4.79 Å². The van der Waals surface area contributed by atoms with Crippen LogP contribution in [-0.4, -0.2) is 15.5 Å². The Hall–Kier alpha value is -1.78. The van der Waals surface area contributed by atoms with E-state index in [1.807, 2.05) is 4.57 Å². The molecule has 0 N–H and O–H groups in total. The summed E-state index contributed by atoms with van der Waals surface area (Å²) in [4.78, 5) is 15.9. The fraction of sp³-hybridized carbons (Fsp3) is 0.250. The third-order valence-corrected chi connectivity index (χ3v) is 3.63. The maximum atomic E-state index is 11.9. The summed E-state index contributed by atoms with van der Waals surface area (Å²) in [6.45, 7) is 4.03. The van der Waals surface area contributed by atoms with Crippen LogP contribution in [0.3, 0.4) is 0 Å². The molecule has 2 rings (SSSR count). The van der Waals surface area contributed by atoms with Crippen molar-refractivity contribution in [3.8, 4) is 0 Å². The first-order chi connectivity index (χ1) is 10.6. The van der Waals surface area contributed by atoms with Crippen molar-refractivity contribution in [2.75, 3.05) is 0 Å². The van der Waals surface area contributed by atoms with Gasteiger partial charge >= 0.3 is 5.97 Å². The monoisotopic (exact) mass is 338 g/mol. The molecule has 1 atom stereocenters. The molecule has 0 spiro atoms. The maximum absolute atomic E-state index is 11.9. The second kappa shape index (κ2) is 8.01. The molecule has 1 aromatic carbocycles. The molecule has 0 fully saturated rings. The quantitative estimate of drug-likeness (QED) is 0.553. The summed E-state index contributed by atoms with van der Waals surface area (Å²) in [5.41, 5.74) is 0.715. The summed E-state index contributed by atoms with van der Waals surface area (Å²) in [6.07, 6.45) is 7.17. The van der Waals surface area contributed by atoms with Crippen molar-refractivity contribution in [2.45, 2.75) is 25.5 Å². The van der Waals surface area contributed by atoms with Gasteiger partial charge in [-0.05, 0) is 18.6 Å². The zero-order valence-electron chi connectivity index (χ0n) is 11.9. The van der Waals surface area contributed by atoms with E-state index in [0.29, 0.717) is 28.6 Å². The van der Waals surface area contributed by atoms with Crippen LogP contribution in [-0.2, 0) is 16.1 Å². The number of ether oxygens (including phenoxy) is 1. The molecule has 0 bridgehead atoms. The van der Waals surface area contributed by atoms with E-state index in [2.05, 4.69) is 11.6 Å². The lowest BCUT2D eigenvalue weighted by atomic mass is 10.1. The van der Waals surface area contributed by atoms with Gasteiger partial charge < -0.3 is 9.30 Å². The lowest BCUT2D eigenvalue weighted by Crippen LogP contribution is -2.16. The molecular formula is C16H16Cl2N2O2. The van der Waals surface area contributed by atoms with Crippen molar-refractivity contribution in [3.05, 3.63) is 65.2 Å². The Kier molecular flexibility index (Phi) is 6.04.